The first-order valence-electron chi connectivity index (χ1n) is 13.5. The van der Waals surface area contributed by atoms with Crippen LogP contribution in [0.1, 0.15) is 55.0 Å². The van der Waals surface area contributed by atoms with Crippen LogP contribution in [0.4, 0.5) is 5.69 Å². The predicted octanol–water partition coefficient (Wildman–Crippen LogP) is 7.19. The van der Waals surface area contributed by atoms with Crippen LogP contribution >= 0.6 is 31.9 Å². The quantitative estimate of drug-likeness (QED) is 0.199. The van der Waals surface area contributed by atoms with E-state index in [1.54, 1.807) is 24.4 Å². The molecule has 0 aliphatic heterocycles. The standard InChI is InChI=1S/C31H30Br2N4O4/c1-19-8-6-7-11-25(19)35-28(38)18-41-29-21(14-23(33)16-27(29)40-2)17-34-37-30(20-9-4-3-5-10-20)36-26-13-12-22(32)15-24(26)31(37)39/h6-8,11-17,20H,3-5,9-10,18H2,1-2H3,(H,35,38). The Morgan fingerprint density at radius 2 is 1.88 bits per heavy atom. The van der Waals surface area contributed by atoms with Gasteiger partial charge >= 0.3 is 0 Å². The topological polar surface area (TPSA) is 94.8 Å². The molecule has 0 saturated heterocycles. The normalized spacial score (nSPS) is 14.0. The van der Waals surface area contributed by atoms with Gasteiger partial charge in [0.2, 0.25) is 0 Å². The van der Waals surface area contributed by atoms with Crippen LogP contribution in [0.5, 0.6) is 11.5 Å². The number of amides is 1. The van der Waals surface area contributed by atoms with Crippen molar-refractivity contribution < 1.29 is 14.3 Å². The van der Waals surface area contributed by atoms with Crippen molar-refractivity contribution in [3.63, 3.8) is 0 Å². The van der Waals surface area contributed by atoms with Crippen LogP contribution in [-0.4, -0.2) is 35.5 Å². The van der Waals surface area contributed by atoms with E-state index in [2.05, 4.69) is 42.3 Å². The molecule has 5 rings (SSSR count). The van der Waals surface area contributed by atoms with Gasteiger partial charge in [0.05, 0.1) is 24.2 Å². The second kappa shape index (κ2) is 13.0. The Bertz CT molecular complexity index is 1680. The van der Waals surface area contributed by atoms with E-state index in [0.29, 0.717) is 33.8 Å². The summed E-state index contributed by atoms with van der Waals surface area (Å²) >= 11 is 6.98. The maximum Gasteiger partial charge on any atom is 0.282 e. The van der Waals surface area contributed by atoms with Crippen LogP contribution in [0.15, 0.2) is 73.4 Å². The number of para-hydroxylation sites is 1. The van der Waals surface area contributed by atoms with Crippen LogP contribution < -0.4 is 20.3 Å². The molecule has 1 aromatic heterocycles. The van der Waals surface area contributed by atoms with E-state index in [1.165, 1.54) is 18.2 Å². The lowest BCUT2D eigenvalue weighted by Gasteiger charge is -2.23. The van der Waals surface area contributed by atoms with E-state index in [-0.39, 0.29) is 24.0 Å². The smallest absolute Gasteiger partial charge is 0.282 e. The molecule has 41 heavy (non-hydrogen) atoms. The second-order valence-corrected chi connectivity index (χ2v) is 11.8. The number of fused-ring (bicyclic) bond motifs is 1. The Hall–Kier alpha value is -3.50. The molecule has 3 aromatic carbocycles. The first kappa shape index (κ1) is 29.0. The molecule has 1 N–H and O–H groups in total. The highest BCUT2D eigenvalue weighted by Gasteiger charge is 2.23. The molecule has 1 aliphatic rings. The third-order valence-electron chi connectivity index (χ3n) is 7.15. The molecular weight excluding hydrogens is 652 g/mol. The van der Waals surface area contributed by atoms with Crippen LogP contribution in [0.25, 0.3) is 10.9 Å². The van der Waals surface area contributed by atoms with Crippen LogP contribution in [0.2, 0.25) is 0 Å². The highest BCUT2D eigenvalue weighted by Crippen LogP contribution is 2.35. The fourth-order valence-corrected chi connectivity index (χ4v) is 5.87. The van der Waals surface area contributed by atoms with Gasteiger partial charge in [-0.15, -0.1) is 0 Å². The summed E-state index contributed by atoms with van der Waals surface area (Å²) < 4.78 is 14.5. The maximum absolute atomic E-state index is 13.7. The molecule has 1 amide bonds. The molecular formula is C31H30Br2N4O4. The van der Waals surface area contributed by atoms with E-state index < -0.39 is 0 Å². The highest BCUT2D eigenvalue weighted by atomic mass is 79.9. The van der Waals surface area contributed by atoms with E-state index in [4.69, 9.17) is 14.5 Å². The summed E-state index contributed by atoms with van der Waals surface area (Å²) in [4.78, 5) is 31.4. The minimum atomic E-state index is -0.313. The van der Waals surface area contributed by atoms with Crippen molar-refractivity contribution in [2.24, 2.45) is 5.10 Å². The first-order chi connectivity index (χ1) is 19.8. The van der Waals surface area contributed by atoms with E-state index in [1.807, 2.05) is 43.3 Å². The molecule has 0 bridgehead atoms. The SMILES string of the molecule is COc1cc(Br)cc(C=Nn2c(C3CCCCC3)nc3ccc(Br)cc3c2=O)c1OCC(=O)Nc1ccccc1C. The Morgan fingerprint density at radius 1 is 1.10 bits per heavy atom. The summed E-state index contributed by atoms with van der Waals surface area (Å²) in [7, 11) is 1.53. The van der Waals surface area contributed by atoms with Gasteiger partial charge in [-0.1, -0.05) is 69.3 Å². The largest absolute Gasteiger partial charge is 0.493 e. The fourth-order valence-electron chi connectivity index (χ4n) is 5.05. The summed E-state index contributed by atoms with van der Waals surface area (Å²) in [6, 6.07) is 16.6. The predicted molar refractivity (Wildman–Crippen MR) is 169 cm³/mol. The molecule has 10 heteroatoms. The van der Waals surface area contributed by atoms with Gasteiger partial charge in [-0.05, 0) is 61.7 Å². The lowest BCUT2D eigenvalue weighted by Crippen LogP contribution is -2.25. The number of carbonyl (C=O) groups is 1. The van der Waals surface area contributed by atoms with Gasteiger partial charge < -0.3 is 14.8 Å². The lowest BCUT2D eigenvalue weighted by atomic mass is 9.88. The number of aryl methyl sites for hydroxylation is 1. The number of anilines is 1. The summed E-state index contributed by atoms with van der Waals surface area (Å²) in [5, 5.41) is 8.01. The monoisotopic (exact) mass is 680 g/mol. The van der Waals surface area contributed by atoms with E-state index >= 15 is 0 Å². The highest BCUT2D eigenvalue weighted by molar-refractivity contribution is 9.10. The number of methoxy groups -OCH3 is 1. The van der Waals surface area contributed by atoms with Crippen molar-refractivity contribution in [3.05, 3.63) is 90.8 Å². The zero-order valence-corrected chi connectivity index (χ0v) is 26.0. The maximum atomic E-state index is 13.7. The lowest BCUT2D eigenvalue weighted by molar-refractivity contribution is -0.118. The fraction of sp³-hybridized carbons (Fsp3) is 0.290. The van der Waals surface area contributed by atoms with Gasteiger partial charge in [-0.2, -0.15) is 9.78 Å². The number of rotatable bonds is 8. The van der Waals surface area contributed by atoms with E-state index in [9.17, 15) is 9.59 Å². The van der Waals surface area contributed by atoms with Crippen molar-refractivity contribution in [1.82, 2.24) is 9.66 Å². The first-order valence-corrected chi connectivity index (χ1v) is 15.0. The molecule has 1 saturated carbocycles. The van der Waals surface area contributed by atoms with Gasteiger partial charge in [0.15, 0.2) is 18.1 Å². The second-order valence-electron chi connectivity index (χ2n) is 10.0. The number of benzene rings is 3. The molecule has 1 heterocycles. The molecule has 4 aromatic rings. The van der Waals surface area contributed by atoms with Gasteiger partial charge in [-0.3, -0.25) is 9.59 Å². The van der Waals surface area contributed by atoms with Crippen LogP contribution in [0.3, 0.4) is 0 Å². The number of nitrogens with one attached hydrogen (secondary N) is 1. The third kappa shape index (κ3) is 6.70. The Labute approximate surface area is 255 Å². The molecule has 1 aliphatic carbocycles. The number of carbonyl (C=O) groups excluding carboxylic acids is 1. The minimum absolute atomic E-state index is 0.138. The average Bonchev–Trinajstić information content (AvgIpc) is 2.97. The molecule has 0 unspecified atom stereocenters. The molecule has 8 nitrogen and oxygen atoms in total. The number of aromatic nitrogens is 2. The number of halogens is 2. The summed E-state index contributed by atoms with van der Waals surface area (Å²) in [5.41, 5.74) is 2.62. The molecule has 0 radical (unpaired) electrons. The van der Waals surface area contributed by atoms with Gasteiger partial charge in [0.1, 0.15) is 5.82 Å². The number of hydrogen-bond donors (Lipinski definition) is 1. The summed E-state index contributed by atoms with van der Waals surface area (Å²) in [6.45, 7) is 1.68. The van der Waals surface area contributed by atoms with Crippen LogP contribution in [-0.2, 0) is 4.79 Å². The minimum Gasteiger partial charge on any atom is -0.493 e. The zero-order valence-electron chi connectivity index (χ0n) is 22.8. The number of ether oxygens (including phenoxy) is 2. The van der Waals surface area contributed by atoms with Gasteiger partial charge in [0, 0.05) is 26.1 Å². The molecule has 212 valence electrons. The molecule has 0 spiro atoms. The molecule has 1 fully saturated rings. The van der Waals surface area contributed by atoms with Crippen molar-refractivity contribution in [3.8, 4) is 11.5 Å². The van der Waals surface area contributed by atoms with Crippen LogP contribution in [0, 0.1) is 6.92 Å². The summed E-state index contributed by atoms with van der Waals surface area (Å²) in [6.07, 6.45) is 6.84. The third-order valence-corrected chi connectivity index (χ3v) is 8.10. The van der Waals surface area contributed by atoms with Crippen molar-refractivity contribution in [2.75, 3.05) is 19.0 Å². The van der Waals surface area contributed by atoms with Crippen molar-refractivity contribution >= 4 is 60.6 Å². The number of nitrogens with zero attached hydrogens (tertiary/aromatic N) is 3. The summed E-state index contributed by atoms with van der Waals surface area (Å²) in [5.74, 6) is 1.24. The Balaban J connectivity index is 1.51. The van der Waals surface area contributed by atoms with Gasteiger partial charge in [0.25, 0.3) is 11.5 Å². The molecule has 0 atom stereocenters. The van der Waals surface area contributed by atoms with Crippen molar-refractivity contribution in [2.45, 2.75) is 44.9 Å². The van der Waals surface area contributed by atoms with Gasteiger partial charge in [-0.25, -0.2) is 4.98 Å². The van der Waals surface area contributed by atoms with E-state index in [0.717, 1.165) is 45.9 Å². The average molecular weight is 682 g/mol. The number of hydrogen-bond acceptors (Lipinski definition) is 6. The Morgan fingerprint density at radius 3 is 2.63 bits per heavy atom. The van der Waals surface area contributed by atoms with Crippen molar-refractivity contribution in [1.29, 1.82) is 0 Å². The zero-order chi connectivity index (χ0) is 28.9. The Kier molecular flexibility index (Phi) is 9.19.